The van der Waals surface area contributed by atoms with Crippen LogP contribution in [0, 0.1) is 0 Å². The van der Waals surface area contributed by atoms with Crippen molar-refractivity contribution in [3.05, 3.63) is 65.5 Å². The molecular formula is C18H22N2O2. The predicted molar refractivity (Wildman–Crippen MR) is 86.7 cm³/mol. The van der Waals surface area contributed by atoms with Crippen LogP contribution in [0.15, 0.2) is 48.7 Å². The van der Waals surface area contributed by atoms with Crippen molar-refractivity contribution in [3.63, 3.8) is 0 Å². The maximum Gasteiger partial charge on any atom is 0.269 e. The Morgan fingerprint density at radius 3 is 2.41 bits per heavy atom. The number of rotatable bonds is 4. The number of carbonyl (C=O) groups excluding carboxylic acids is 1. The van der Waals surface area contributed by atoms with Gasteiger partial charge >= 0.3 is 0 Å². The van der Waals surface area contributed by atoms with E-state index >= 15 is 0 Å². The smallest absolute Gasteiger partial charge is 0.269 e. The molecule has 1 heterocycles. The Morgan fingerprint density at radius 1 is 1.18 bits per heavy atom. The van der Waals surface area contributed by atoms with E-state index in [-0.39, 0.29) is 17.9 Å². The van der Waals surface area contributed by atoms with Gasteiger partial charge in [-0.1, -0.05) is 51.1 Å². The molecule has 0 saturated heterocycles. The lowest BCUT2D eigenvalue weighted by Gasteiger charge is -2.20. The van der Waals surface area contributed by atoms with E-state index in [0.717, 1.165) is 5.56 Å². The summed E-state index contributed by atoms with van der Waals surface area (Å²) in [5.41, 5.74) is 2.42. The summed E-state index contributed by atoms with van der Waals surface area (Å²) in [6.45, 7) is 6.59. The van der Waals surface area contributed by atoms with E-state index in [4.69, 9.17) is 0 Å². The maximum absolute atomic E-state index is 11.9. The summed E-state index contributed by atoms with van der Waals surface area (Å²) >= 11 is 0. The molecule has 2 aromatic rings. The normalized spacial score (nSPS) is 12.7. The molecule has 2 rings (SSSR count). The number of aromatic nitrogens is 1. The van der Waals surface area contributed by atoms with Gasteiger partial charge in [0, 0.05) is 12.7 Å². The van der Waals surface area contributed by atoms with E-state index in [2.05, 4.69) is 31.1 Å². The molecule has 0 bridgehead atoms. The first-order chi connectivity index (χ1) is 10.4. The minimum absolute atomic E-state index is 0.0800. The van der Waals surface area contributed by atoms with Crippen LogP contribution >= 0.6 is 0 Å². The summed E-state index contributed by atoms with van der Waals surface area (Å²) in [4.78, 5) is 15.9. The lowest BCUT2D eigenvalue weighted by Crippen LogP contribution is -2.29. The van der Waals surface area contributed by atoms with Crippen LogP contribution in [0.4, 0.5) is 0 Å². The number of benzene rings is 1. The van der Waals surface area contributed by atoms with Gasteiger partial charge in [-0.3, -0.25) is 9.78 Å². The highest BCUT2D eigenvalue weighted by molar-refractivity contribution is 5.92. The highest BCUT2D eigenvalue weighted by Gasteiger charge is 2.15. The molecule has 4 nitrogen and oxygen atoms in total. The van der Waals surface area contributed by atoms with Crippen LogP contribution in [-0.2, 0) is 5.41 Å². The zero-order chi connectivity index (χ0) is 16.2. The van der Waals surface area contributed by atoms with Gasteiger partial charge in [-0.2, -0.15) is 0 Å². The van der Waals surface area contributed by atoms with Crippen LogP contribution in [0.3, 0.4) is 0 Å². The topological polar surface area (TPSA) is 62.2 Å². The molecule has 0 aliphatic rings. The second-order valence-corrected chi connectivity index (χ2v) is 6.31. The minimum atomic E-state index is -0.735. The number of hydrogen-bond acceptors (Lipinski definition) is 3. The molecule has 0 radical (unpaired) electrons. The second-order valence-electron chi connectivity index (χ2n) is 6.31. The van der Waals surface area contributed by atoms with Crippen LogP contribution in [-0.4, -0.2) is 22.5 Å². The van der Waals surface area contributed by atoms with E-state index in [9.17, 15) is 9.90 Å². The standard InChI is InChI=1S/C18H22N2O2/c1-18(2,3)14-9-7-13(8-10-14)16(21)12-20-17(22)15-6-4-5-11-19-15/h4-11,16,21H,12H2,1-3H3,(H,20,22). The average Bonchev–Trinajstić information content (AvgIpc) is 2.52. The summed E-state index contributed by atoms with van der Waals surface area (Å²) in [7, 11) is 0. The molecule has 0 spiro atoms. The van der Waals surface area contributed by atoms with Gasteiger partial charge in [-0.15, -0.1) is 0 Å². The number of carbonyl (C=O) groups is 1. The second kappa shape index (κ2) is 6.71. The summed E-state index contributed by atoms with van der Waals surface area (Å²) in [5.74, 6) is -0.286. The lowest BCUT2D eigenvalue weighted by molar-refractivity contribution is 0.0911. The molecule has 0 saturated carbocycles. The molecule has 4 heteroatoms. The van der Waals surface area contributed by atoms with Crippen LogP contribution < -0.4 is 5.32 Å². The minimum Gasteiger partial charge on any atom is -0.387 e. The maximum atomic E-state index is 11.9. The Kier molecular flexibility index (Phi) is 4.93. The van der Waals surface area contributed by atoms with Crippen molar-refractivity contribution >= 4 is 5.91 Å². The van der Waals surface area contributed by atoms with Crippen molar-refractivity contribution in [2.75, 3.05) is 6.54 Å². The van der Waals surface area contributed by atoms with E-state index in [0.29, 0.717) is 5.69 Å². The average molecular weight is 298 g/mol. The first kappa shape index (κ1) is 16.2. The zero-order valence-corrected chi connectivity index (χ0v) is 13.2. The van der Waals surface area contributed by atoms with Crippen molar-refractivity contribution in [2.24, 2.45) is 0 Å². The van der Waals surface area contributed by atoms with Crippen molar-refractivity contribution in [1.29, 1.82) is 0 Å². The Morgan fingerprint density at radius 2 is 1.86 bits per heavy atom. The molecule has 1 aromatic carbocycles. The van der Waals surface area contributed by atoms with Crippen LogP contribution in [0.25, 0.3) is 0 Å². The van der Waals surface area contributed by atoms with Gasteiger partial charge in [-0.25, -0.2) is 0 Å². The fourth-order valence-corrected chi connectivity index (χ4v) is 2.10. The first-order valence-corrected chi connectivity index (χ1v) is 7.35. The summed E-state index contributed by atoms with van der Waals surface area (Å²) in [6, 6.07) is 13.0. The van der Waals surface area contributed by atoms with Crippen LogP contribution in [0.1, 0.15) is 48.5 Å². The van der Waals surface area contributed by atoms with Gasteiger partial charge in [0.1, 0.15) is 5.69 Å². The largest absolute Gasteiger partial charge is 0.387 e. The number of amides is 1. The lowest BCUT2D eigenvalue weighted by atomic mass is 9.86. The Labute approximate surface area is 131 Å². The number of nitrogens with zero attached hydrogens (tertiary/aromatic N) is 1. The Balaban J connectivity index is 1.95. The van der Waals surface area contributed by atoms with Crippen molar-refractivity contribution < 1.29 is 9.90 Å². The molecule has 1 unspecified atom stereocenters. The molecule has 1 atom stereocenters. The SMILES string of the molecule is CC(C)(C)c1ccc(C(O)CNC(=O)c2ccccn2)cc1. The summed E-state index contributed by atoms with van der Waals surface area (Å²) in [6.07, 6.45) is 0.831. The predicted octanol–water partition coefficient (Wildman–Crippen LogP) is 2.84. The number of aliphatic hydroxyl groups is 1. The highest BCUT2D eigenvalue weighted by Crippen LogP contribution is 2.23. The molecule has 2 N–H and O–H groups in total. The van der Waals surface area contributed by atoms with E-state index in [1.165, 1.54) is 5.56 Å². The van der Waals surface area contributed by atoms with E-state index < -0.39 is 6.10 Å². The van der Waals surface area contributed by atoms with Crippen LogP contribution in [0.5, 0.6) is 0 Å². The fraction of sp³-hybridized carbons (Fsp3) is 0.333. The number of pyridine rings is 1. The molecular weight excluding hydrogens is 276 g/mol. The van der Waals surface area contributed by atoms with Crippen molar-refractivity contribution in [3.8, 4) is 0 Å². The highest BCUT2D eigenvalue weighted by atomic mass is 16.3. The van der Waals surface area contributed by atoms with Crippen molar-refractivity contribution in [2.45, 2.75) is 32.3 Å². The van der Waals surface area contributed by atoms with Gasteiger partial charge in [0.25, 0.3) is 5.91 Å². The Hall–Kier alpha value is -2.20. The van der Waals surface area contributed by atoms with Gasteiger partial charge < -0.3 is 10.4 Å². The molecule has 0 fully saturated rings. The molecule has 116 valence electrons. The Bertz CT molecular complexity index is 616. The summed E-state index contributed by atoms with van der Waals surface area (Å²) < 4.78 is 0. The van der Waals surface area contributed by atoms with Gasteiger partial charge in [-0.05, 0) is 28.7 Å². The molecule has 1 amide bonds. The number of nitrogens with one attached hydrogen (secondary N) is 1. The summed E-state index contributed by atoms with van der Waals surface area (Å²) in [5, 5.41) is 12.9. The number of hydrogen-bond donors (Lipinski definition) is 2. The third kappa shape index (κ3) is 4.15. The van der Waals surface area contributed by atoms with E-state index in [1.54, 1.807) is 24.4 Å². The molecule has 1 aromatic heterocycles. The molecule has 0 aliphatic heterocycles. The molecule has 0 aliphatic carbocycles. The fourth-order valence-electron chi connectivity index (χ4n) is 2.10. The quantitative estimate of drug-likeness (QED) is 0.912. The third-order valence-electron chi connectivity index (χ3n) is 3.51. The zero-order valence-electron chi connectivity index (χ0n) is 13.2. The monoisotopic (exact) mass is 298 g/mol. The van der Waals surface area contributed by atoms with Gasteiger partial charge in [0.05, 0.1) is 6.10 Å². The first-order valence-electron chi connectivity index (χ1n) is 7.35. The molecule has 22 heavy (non-hydrogen) atoms. The third-order valence-corrected chi connectivity index (χ3v) is 3.51. The van der Waals surface area contributed by atoms with Crippen molar-refractivity contribution in [1.82, 2.24) is 10.3 Å². The van der Waals surface area contributed by atoms with E-state index in [1.807, 2.05) is 24.3 Å². The number of aliphatic hydroxyl groups excluding tert-OH is 1. The van der Waals surface area contributed by atoms with Gasteiger partial charge in [0.2, 0.25) is 0 Å². The van der Waals surface area contributed by atoms with Crippen LogP contribution in [0.2, 0.25) is 0 Å². The van der Waals surface area contributed by atoms with Gasteiger partial charge in [0.15, 0.2) is 0 Å².